The fourth-order valence-corrected chi connectivity index (χ4v) is 3.21. The topological polar surface area (TPSA) is 54.0 Å². The van der Waals surface area contributed by atoms with E-state index >= 15 is 0 Å². The van der Waals surface area contributed by atoms with Gasteiger partial charge in [0.25, 0.3) is 0 Å². The highest BCUT2D eigenvalue weighted by Gasteiger charge is 2.52. The number of hydrogen-bond acceptors (Lipinski definition) is 5. The van der Waals surface area contributed by atoms with Crippen LogP contribution >= 0.6 is 0 Å². The molecule has 28 heavy (non-hydrogen) atoms. The van der Waals surface area contributed by atoms with Crippen LogP contribution in [0.4, 0.5) is 0 Å². The quantitative estimate of drug-likeness (QED) is 0.545. The smallest absolute Gasteiger partial charge is 0.497 e. The predicted molar refractivity (Wildman–Crippen MR) is 112 cm³/mol. The minimum Gasteiger partial charge on any atom is -0.497 e. The zero-order valence-electron chi connectivity index (χ0n) is 18.8. The van der Waals surface area contributed by atoms with Crippen molar-refractivity contribution in [3.05, 3.63) is 23.8 Å². The summed E-state index contributed by atoms with van der Waals surface area (Å²) in [5.74, 6) is 0.733. The highest BCUT2D eigenvalue weighted by molar-refractivity contribution is 6.63. The molecule has 2 rings (SSSR count). The van der Waals surface area contributed by atoms with Gasteiger partial charge in [-0.15, -0.1) is 0 Å². The van der Waals surface area contributed by atoms with E-state index in [1.54, 1.807) is 7.11 Å². The Kier molecular flexibility index (Phi) is 6.56. The van der Waals surface area contributed by atoms with Crippen molar-refractivity contribution < 1.29 is 23.6 Å². The fraction of sp³-hybridized carbons (Fsp3) is 0.682. The molecule has 0 unspecified atom stereocenters. The monoisotopic (exact) mass is 390 g/mol. The summed E-state index contributed by atoms with van der Waals surface area (Å²) >= 11 is 0. The van der Waals surface area contributed by atoms with Gasteiger partial charge in [-0.3, -0.25) is 4.79 Å². The number of carbonyl (C=O) groups excluding carboxylic acids is 1. The first kappa shape index (κ1) is 22.8. The van der Waals surface area contributed by atoms with Crippen LogP contribution in [0.5, 0.6) is 5.75 Å². The summed E-state index contributed by atoms with van der Waals surface area (Å²) in [5, 5.41) is 0. The van der Waals surface area contributed by atoms with E-state index in [1.165, 1.54) is 0 Å². The lowest BCUT2D eigenvalue weighted by Crippen LogP contribution is -2.41. The molecular weight excluding hydrogens is 355 g/mol. The summed E-state index contributed by atoms with van der Waals surface area (Å²) in [5.41, 5.74) is 0.705. The van der Waals surface area contributed by atoms with Crippen LogP contribution < -0.4 is 10.2 Å². The van der Waals surface area contributed by atoms with Crippen molar-refractivity contribution in [1.29, 1.82) is 0 Å². The van der Waals surface area contributed by atoms with Crippen LogP contribution in [0.1, 0.15) is 67.4 Å². The molecule has 1 aromatic rings. The molecule has 0 N–H and O–H groups in total. The molecule has 1 heterocycles. The third kappa shape index (κ3) is 5.51. The van der Waals surface area contributed by atoms with E-state index in [9.17, 15) is 4.79 Å². The van der Waals surface area contributed by atoms with Crippen molar-refractivity contribution in [3.8, 4) is 5.75 Å². The molecule has 0 amide bonds. The number of rotatable bonds is 6. The first-order chi connectivity index (χ1) is 12.7. The number of ether oxygens (including phenoxy) is 2. The van der Waals surface area contributed by atoms with E-state index in [2.05, 4.69) is 13.0 Å². The first-order valence-corrected chi connectivity index (χ1v) is 9.98. The van der Waals surface area contributed by atoms with Crippen molar-refractivity contribution >= 4 is 18.6 Å². The Morgan fingerprint density at radius 2 is 1.71 bits per heavy atom. The molecule has 5 nitrogen and oxygen atoms in total. The van der Waals surface area contributed by atoms with Gasteiger partial charge in [-0.05, 0) is 72.4 Å². The minimum absolute atomic E-state index is 0.161. The van der Waals surface area contributed by atoms with Gasteiger partial charge in [0, 0.05) is 11.9 Å². The third-order valence-corrected chi connectivity index (χ3v) is 5.32. The van der Waals surface area contributed by atoms with Crippen LogP contribution in [-0.2, 0) is 25.3 Å². The van der Waals surface area contributed by atoms with E-state index in [-0.39, 0.29) is 11.9 Å². The summed E-state index contributed by atoms with van der Waals surface area (Å²) in [7, 11) is 1.16. The van der Waals surface area contributed by atoms with Gasteiger partial charge in [-0.25, -0.2) is 0 Å². The molecule has 1 aromatic carbocycles. The van der Waals surface area contributed by atoms with Crippen molar-refractivity contribution in [1.82, 2.24) is 0 Å². The van der Waals surface area contributed by atoms with E-state index < -0.39 is 23.9 Å². The van der Waals surface area contributed by atoms with Crippen molar-refractivity contribution in [2.75, 3.05) is 7.11 Å². The number of benzene rings is 1. The molecule has 0 bridgehead atoms. The Balaban J connectivity index is 2.14. The largest absolute Gasteiger partial charge is 0.498 e. The summed E-state index contributed by atoms with van der Waals surface area (Å²) in [6, 6.07) is 6.03. The lowest BCUT2D eigenvalue weighted by Gasteiger charge is -2.32. The fourth-order valence-electron chi connectivity index (χ4n) is 3.21. The van der Waals surface area contributed by atoms with Crippen molar-refractivity contribution in [2.24, 2.45) is 5.92 Å². The number of hydrogen-bond donors (Lipinski definition) is 0. The SMILES string of the molecule is COc1ccc(C[C@@H](C)CC(=O)OC(C)(C)C)cc1B1OC(C)(C)C(C)(C)O1. The standard InChI is InChI=1S/C22H35BO5/c1-15(13-19(24)26-20(2,3)4)12-16-10-11-18(25-9)17(14-16)23-27-21(5,6)22(7,8)28-23/h10-11,14-15H,12-13H2,1-9H3/t15-/m1/s1. The zero-order chi connectivity index (χ0) is 21.3. The second-order valence-electron chi connectivity index (χ2n) is 9.76. The van der Waals surface area contributed by atoms with Gasteiger partial charge in [-0.1, -0.05) is 19.1 Å². The Labute approximate surface area is 170 Å². The van der Waals surface area contributed by atoms with E-state index in [0.29, 0.717) is 6.42 Å². The Morgan fingerprint density at radius 3 is 2.21 bits per heavy atom. The summed E-state index contributed by atoms with van der Waals surface area (Å²) in [6.07, 6.45) is 1.14. The van der Waals surface area contributed by atoms with Gasteiger partial charge in [0.2, 0.25) is 0 Å². The van der Waals surface area contributed by atoms with E-state index in [1.807, 2.05) is 60.6 Å². The number of esters is 1. The van der Waals surface area contributed by atoms with Gasteiger partial charge < -0.3 is 18.8 Å². The molecule has 0 aliphatic carbocycles. The molecule has 1 fully saturated rings. The van der Waals surface area contributed by atoms with E-state index in [0.717, 1.165) is 23.2 Å². The van der Waals surface area contributed by atoms with Crippen LogP contribution in [0.2, 0.25) is 0 Å². The van der Waals surface area contributed by atoms with Crippen LogP contribution in [0.3, 0.4) is 0 Å². The Hall–Kier alpha value is -1.53. The highest BCUT2D eigenvalue weighted by atomic mass is 16.7. The molecule has 156 valence electrons. The van der Waals surface area contributed by atoms with Gasteiger partial charge in [0.1, 0.15) is 11.4 Å². The van der Waals surface area contributed by atoms with Gasteiger partial charge in [0.15, 0.2) is 0 Å². The molecule has 0 radical (unpaired) electrons. The lowest BCUT2D eigenvalue weighted by atomic mass is 9.77. The maximum atomic E-state index is 12.1. The molecule has 1 atom stereocenters. The van der Waals surface area contributed by atoms with E-state index in [4.69, 9.17) is 18.8 Å². The molecule has 1 saturated heterocycles. The summed E-state index contributed by atoms with van der Waals surface area (Å²) in [6.45, 7) is 15.8. The van der Waals surface area contributed by atoms with Gasteiger partial charge >= 0.3 is 13.1 Å². The third-order valence-electron chi connectivity index (χ3n) is 5.32. The van der Waals surface area contributed by atoms with Crippen LogP contribution in [0, 0.1) is 5.92 Å². The zero-order valence-corrected chi connectivity index (χ0v) is 18.8. The van der Waals surface area contributed by atoms with Crippen molar-refractivity contribution in [2.45, 2.75) is 85.0 Å². The molecule has 1 aliphatic rings. The molecule has 1 aliphatic heterocycles. The van der Waals surface area contributed by atoms with Crippen LogP contribution in [0.15, 0.2) is 18.2 Å². The highest BCUT2D eigenvalue weighted by Crippen LogP contribution is 2.37. The molecule has 0 saturated carbocycles. The van der Waals surface area contributed by atoms with Gasteiger partial charge in [-0.2, -0.15) is 0 Å². The Morgan fingerprint density at radius 1 is 1.14 bits per heavy atom. The second kappa shape index (κ2) is 8.07. The summed E-state index contributed by atoms with van der Waals surface area (Å²) in [4.78, 5) is 12.1. The number of carbonyl (C=O) groups is 1. The van der Waals surface area contributed by atoms with Gasteiger partial charge in [0.05, 0.1) is 18.3 Å². The predicted octanol–water partition coefficient (Wildman–Crippen LogP) is 3.90. The molecule has 0 spiro atoms. The maximum Gasteiger partial charge on any atom is 0.498 e. The normalized spacial score (nSPS) is 19.4. The van der Waals surface area contributed by atoms with Crippen molar-refractivity contribution in [3.63, 3.8) is 0 Å². The summed E-state index contributed by atoms with van der Waals surface area (Å²) < 4.78 is 23.4. The first-order valence-electron chi connectivity index (χ1n) is 9.98. The van der Waals surface area contributed by atoms with Crippen LogP contribution in [0.25, 0.3) is 0 Å². The minimum atomic E-state index is -0.485. The Bertz CT molecular complexity index is 689. The second-order valence-corrected chi connectivity index (χ2v) is 9.76. The molecular formula is C22H35BO5. The lowest BCUT2D eigenvalue weighted by molar-refractivity contribution is -0.155. The average Bonchev–Trinajstić information content (AvgIpc) is 2.73. The maximum absolute atomic E-state index is 12.1. The van der Waals surface area contributed by atoms with Crippen LogP contribution in [-0.4, -0.2) is 37.0 Å². The molecule has 6 heteroatoms. The molecule has 0 aromatic heterocycles. The average molecular weight is 390 g/mol. The number of methoxy groups -OCH3 is 1.